The molecule has 1 heteroatoms. The molecule has 38 valence electrons. The maximum absolute atomic E-state index is 2.23. The second kappa shape index (κ2) is 2.03. The Bertz CT molecular complexity index is 136. The van der Waals surface area contributed by atoms with E-state index in [1.807, 2.05) is 0 Å². The van der Waals surface area contributed by atoms with Crippen molar-refractivity contribution in [3.63, 3.8) is 0 Å². The Labute approximate surface area is 53.8 Å². The molecule has 7 heavy (non-hydrogen) atoms. The summed E-state index contributed by atoms with van der Waals surface area (Å²) in [6.45, 7) is 4.43. The number of hydrogen-bond acceptors (Lipinski definition) is 0. The van der Waals surface area contributed by atoms with Crippen LogP contribution in [-0.2, 0) is 0 Å². The van der Waals surface area contributed by atoms with Crippen LogP contribution in [0.3, 0.4) is 0 Å². The molecule has 0 radical (unpaired) electrons. The molecule has 0 saturated heterocycles. The zero-order valence-electron chi connectivity index (χ0n) is 4.56. The molecule has 0 amide bonds. The average Bonchev–Trinajstić information content (AvgIpc) is 1.87. The third kappa shape index (κ3) is 1.33. The number of hydrogen-bond donors (Lipinski definition) is 0. The van der Waals surface area contributed by atoms with Crippen LogP contribution < -0.4 is 0 Å². The van der Waals surface area contributed by atoms with Gasteiger partial charge in [0.15, 0.2) is 0 Å². The van der Waals surface area contributed by atoms with E-state index in [-0.39, 0.29) is 20.4 Å². The van der Waals surface area contributed by atoms with Crippen molar-refractivity contribution in [2.45, 2.75) is 13.8 Å². The molecule has 0 aliphatic carbocycles. The van der Waals surface area contributed by atoms with E-state index in [9.17, 15) is 0 Å². The van der Waals surface area contributed by atoms with E-state index in [0.717, 1.165) is 0 Å². The molecule has 1 heterocycles. The zero-order valence-corrected chi connectivity index (χ0v) is 6.89. The van der Waals surface area contributed by atoms with E-state index in [0.29, 0.717) is 0 Å². The summed E-state index contributed by atoms with van der Waals surface area (Å²) < 4.78 is 3.23. The van der Waals surface area contributed by atoms with E-state index in [1.54, 1.807) is 7.16 Å². The predicted octanol–water partition coefficient (Wildman–Crippen LogP) is 1.36. The van der Waals surface area contributed by atoms with E-state index in [2.05, 4.69) is 26.0 Å². The van der Waals surface area contributed by atoms with Crippen LogP contribution in [0, 0.1) is 13.8 Å². The molecule has 0 nitrogen and oxygen atoms in total. The Balaban J connectivity index is 3.04. The van der Waals surface area contributed by atoms with E-state index in [4.69, 9.17) is 0 Å². The molecule has 1 aromatic rings. The Morgan fingerprint density at radius 2 is 1.57 bits per heavy atom. The van der Waals surface area contributed by atoms with E-state index in [1.165, 1.54) is 0 Å². The van der Waals surface area contributed by atoms with Crippen molar-refractivity contribution < 1.29 is 0 Å². The van der Waals surface area contributed by atoms with Gasteiger partial charge in [-0.15, -0.1) is 0 Å². The van der Waals surface area contributed by atoms with Gasteiger partial charge in [0.05, 0.1) is 0 Å². The second-order valence-corrected chi connectivity index (χ2v) is 5.92. The molecular weight excluding hydrogens is 200 g/mol. The summed E-state index contributed by atoms with van der Waals surface area (Å²) in [6.07, 6.45) is 0. The molecule has 0 unspecified atom stereocenters. The van der Waals surface area contributed by atoms with Gasteiger partial charge in [0.1, 0.15) is 0 Å². The van der Waals surface area contributed by atoms with Gasteiger partial charge in [-0.25, -0.2) is 0 Å². The third-order valence-electron chi connectivity index (χ3n) is 0.875. The van der Waals surface area contributed by atoms with Gasteiger partial charge < -0.3 is 0 Å². The van der Waals surface area contributed by atoms with Gasteiger partial charge in [0, 0.05) is 0 Å². The quantitative estimate of drug-likeness (QED) is 0.564. The maximum atomic E-state index is 2.23. The third-order valence-corrected chi connectivity index (χ3v) is 3.49. The number of aryl methyl sites for hydroxylation is 2. The normalized spacial score (nSPS) is 9.43. The molecular formula is C6H8Te. The fraction of sp³-hybridized carbons (Fsp3) is 0.333. The first-order valence-corrected chi connectivity index (χ1v) is 4.65. The summed E-state index contributed by atoms with van der Waals surface area (Å²) in [5.41, 5.74) is 0. The SMILES string of the molecule is Cc1ccc(C)[te]1. The summed E-state index contributed by atoms with van der Waals surface area (Å²) in [5, 5.41) is 0. The van der Waals surface area contributed by atoms with Gasteiger partial charge in [-0.1, -0.05) is 0 Å². The minimum absolute atomic E-state index is 0.183. The zero-order chi connectivity index (χ0) is 5.28. The van der Waals surface area contributed by atoms with Gasteiger partial charge in [-0.05, 0) is 0 Å². The summed E-state index contributed by atoms with van der Waals surface area (Å²) >= 11 is 0.183. The first kappa shape index (κ1) is 5.41. The molecule has 1 aromatic heterocycles. The van der Waals surface area contributed by atoms with Crippen LogP contribution in [0.2, 0.25) is 0 Å². The van der Waals surface area contributed by atoms with Gasteiger partial charge in [-0.3, -0.25) is 0 Å². The summed E-state index contributed by atoms with van der Waals surface area (Å²) in [5.74, 6) is 0. The van der Waals surface area contributed by atoms with Crippen LogP contribution in [0.4, 0.5) is 0 Å². The van der Waals surface area contributed by atoms with Crippen LogP contribution in [0.5, 0.6) is 0 Å². The van der Waals surface area contributed by atoms with Gasteiger partial charge in [-0.2, -0.15) is 0 Å². The van der Waals surface area contributed by atoms with Crippen molar-refractivity contribution in [1.82, 2.24) is 0 Å². The molecule has 0 aliphatic rings. The van der Waals surface area contributed by atoms with Crippen molar-refractivity contribution in [2.75, 3.05) is 0 Å². The molecule has 0 saturated carbocycles. The molecule has 0 atom stereocenters. The second-order valence-electron chi connectivity index (χ2n) is 1.66. The average molecular weight is 208 g/mol. The molecule has 0 bridgehead atoms. The Morgan fingerprint density at radius 3 is 1.71 bits per heavy atom. The first-order chi connectivity index (χ1) is 3.29. The monoisotopic (exact) mass is 210 g/mol. The number of rotatable bonds is 0. The van der Waals surface area contributed by atoms with Crippen molar-refractivity contribution >= 4 is 20.4 Å². The Hall–Kier alpha value is 0.270. The van der Waals surface area contributed by atoms with Gasteiger partial charge in [0.2, 0.25) is 0 Å². The van der Waals surface area contributed by atoms with Crippen molar-refractivity contribution in [1.29, 1.82) is 0 Å². The first-order valence-electron chi connectivity index (χ1n) is 2.32. The predicted molar refractivity (Wildman–Crippen MR) is 32.9 cm³/mol. The topological polar surface area (TPSA) is 0 Å². The molecule has 1 rings (SSSR count). The van der Waals surface area contributed by atoms with Crippen molar-refractivity contribution in [3.8, 4) is 0 Å². The van der Waals surface area contributed by atoms with E-state index >= 15 is 0 Å². The van der Waals surface area contributed by atoms with Crippen LogP contribution in [0.25, 0.3) is 0 Å². The molecule has 0 aromatic carbocycles. The van der Waals surface area contributed by atoms with Crippen molar-refractivity contribution in [2.24, 2.45) is 0 Å². The van der Waals surface area contributed by atoms with Crippen LogP contribution in [0.1, 0.15) is 7.16 Å². The van der Waals surface area contributed by atoms with Crippen LogP contribution in [0.15, 0.2) is 12.1 Å². The molecule has 0 fully saturated rings. The molecule has 0 aliphatic heterocycles. The standard InChI is InChI=1S/C6H8Te/c1-5-3-4-6(2)7-5/h3-4H,1-2H3. The van der Waals surface area contributed by atoms with Gasteiger partial charge in [0.25, 0.3) is 0 Å². The summed E-state index contributed by atoms with van der Waals surface area (Å²) in [4.78, 5) is 0. The molecule has 0 N–H and O–H groups in total. The fourth-order valence-corrected chi connectivity index (χ4v) is 2.78. The fourth-order valence-electron chi connectivity index (χ4n) is 0.557. The van der Waals surface area contributed by atoms with Gasteiger partial charge >= 0.3 is 53.6 Å². The Morgan fingerprint density at radius 1 is 1.14 bits per heavy atom. The summed E-state index contributed by atoms with van der Waals surface area (Å²) in [6, 6.07) is 4.47. The van der Waals surface area contributed by atoms with E-state index < -0.39 is 0 Å². The summed E-state index contributed by atoms with van der Waals surface area (Å²) in [7, 11) is 0. The van der Waals surface area contributed by atoms with Crippen molar-refractivity contribution in [3.05, 3.63) is 19.3 Å². The minimum atomic E-state index is 0.183. The Kier molecular flexibility index (Phi) is 1.57. The van der Waals surface area contributed by atoms with Crippen LogP contribution >= 0.6 is 0 Å². The van der Waals surface area contributed by atoms with Crippen LogP contribution in [-0.4, -0.2) is 20.4 Å². The molecule has 0 spiro atoms.